The second-order valence-electron chi connectivity index (χ2n) is 3.36. The number of methoxy groups -OCH3 is 1. The molecule has 5 heteroatoms. The molecule has 94 valence electrons. The van der Waals surface area contributed by atoms with Gasteiger partial charge in [0.05, 0.1) is 7.11 Å². The summed E-state index contributed by atoms with van der Waals surface area (Å²) in [4.78, 5) is 33.6. The number of ketones is 1. The summed E-state index contributed by atoms with van der Waals surface area (Å²) < 4.78 is 4.35. The number of benzene rings is 1. The predicted octanol–water partition coefficient (Wildman–Crippen LogP) is 0.715. The molecule has 0 aliphatic carbocycles. The summed E-state index contributed by atoms with van der Waals surface area (Å²) >= 11 is 0. The van der Waals surface area contributed by atoms with Gasteiger partial charge in [-0.15, -0.1) is 0 Å². The Bertz CT molecular complexity index is 465. The molecule has 1 N–H and O–H groups in total. The average Bonchev–Trinajstić information content (AvgIpc) is 2.42. The van der Waals surface area contributed by atoms with Crippen LogP contribution in [0.5, 0.6) is 0 Å². The molecule has 1 amide bonds. The Morgan fingerprint density at radius 3 is 2.44 bits per heavy atom. The van der Waals surface area contributed by atoms with Gasteiger partial charge in [0.15, 0.2) is 5.78 Å². The van der Waals surface area contributed by atoms with Crippen LogP contribution in [-0.4, -0.2) is 31.3 Å². The number of amides is 1. The van der Waals surface area contributed by atoms with Crippen LogP contribution in [0.25, 0.3) is 0 Å². The summed E-state index contributed by atoms with van der Waals surface area (Å²) in [5, 5.41) is 2.29. The number of nitrogens with one attached hydrogen (secondary N) is 1. The summed E-state index contributed by atoms with van der Waals surface area (Å²) in [6.45, 7) is -0.223. The molecule has 1 aromatic carbocycles. The third-order valence-electron chi connectivity index (χ3n) is 2.08. The Hall–Kier alpha value is -2.43. The number of allylic oxidation sites excluding steroid dienone is 1. The second-order valence-corrected chi connectivity index (χ2v) is 3.36. The van der Waals surface area contributed by atoms with Crippen LogP contribution >= 0.6 is 0 Å². The normalized spacial score (nSPS) is 10.1. The number of ether oxygens (including phenoxy) is 1. The van der Waals surface area contributed by atoms with Crippen molar-refractivity contribution in [3.05, 3.63) is 48.0 Å². The Kier molecular flexibility index (Phi) is 5.31. The number of esters is 1. The molecule has 0 saturated carbocycles. The smallest absolute Gasteiger partial charge is 0.325 e. The Morgan fingerprint density at radius 2 is 1.83 bits per heavy atom. The zero-order chi connectivity index (χ0) is 13.4. The number of hydrogen-bond acceptors (Lipinski definition) is 4. The van der Waals surface area contributed by atoms with E-state index in [9.17, 15) is 14.4 Å². The monoisotopic (exact) mass is 247 g/mol. The lowest BCUT2D eigenvalue weighted by Gasteiger charge is -1.99. The molecule has 0 aliphatic heterocycles. The van der Waals surface area contributed by atoms with Gasteiger partial charge in [0.2, 0.25) is 5.91 Å². The van der Waals surface area contributed by atoms with Crippen LogP contribution in [0.1, 0.15) is 10.4 Å². The minimum Gasteiger partial charge on any atom is -0.468 e. The number of carbonyl (C=O) groups is 3. The van der Waals surface area contributed by atoms with E-state index in [1.807, 2.05) is 0 Å². The standard InChI is InChI=1S/C13H13NO4/c1-18-13(17)9-14-12(16)8-7-11(15)10-5-3-2-4-6-10/h2-8H,9H2,1H3,(H,14,16). The molecule has 0 fully saturated rings. The van der Waals surface area contributed by atoms with Crippen molar-refractivity contribution in [1.82, 2.24) is 5.32 Å². The van der Waals surface area contributed by atoms with Crippen molar-refractivity contribution in [3.63, 3.8) is 0 Å². The first-order chi connectivity index (χ1) is 8.63. The maximum atomic E-state index is 11.6. The maximum absolute atomic E-state index is 11.6. The van der Waals surface area contributed by atoms with E-state index >= 15 is 0 Å². The molecule has 1 aromatic rings. The molecule has 0 aromatic heterocycles. The fraction of sp³-hybridized carbons (Fsp3) is 0.154. The predicted molar refractivity (Wildman–Crippen MR) is 64.9 cm³/mol. The highest BCUT2D eigenvalue weighted by Crippen LogP contribution is 2.00. The third-order valence-corrected chi connectivity index (χ3v) is 2.08. The summed E-state index contributed by atoms with van der Waals surface area (Å²) in [5.74, 6) is -1.35. The molecule has 0 bridgehead atoms. The highest BCUT2D eigenvalue weighted by Gasteiger charge is 2.03. The largest absolute Gasteiger partial charge is 0.468 e. The molecule has 18 heavy (non-hydrogen) atoms. The minimum atomic E-state index is -0.550. The quantitative estimate of drug-likeness (QED) is 0.472. The lowest BCUT2D eigenvalue weighted by atomic mass is 10.1. The van der Waals surface area contributed by atoms with Crippen molar-refractivity contribution in [3.8, 4) is 0 Å². The fourth-order valence-corrected chi connectivity index (χ4v) is 1.14. The SMILES string of the molecule is COC(=O)CNC(=O)C=CC(=O)c1ccccc1. The summed E-state index contributed by atoms with van der Waals surface area (Å²) in [6, 6.07) is 8.57. The van der Waals surface area contributed by atoms with Crippen molar-refractivity contribution in [2.45, 2.75) is 0 Å². The average molecular weight is 247 g/mol. The van der Waals surface area contributed by atoms with E-state index < -0.39 is 11.9 Å². The maximum Gasteiger partial charge on any atom is 0.325 e. The zero-order valence-corrected chi connectivity index (χ0v) is 9.88. The lowest BCUT2D eigenvalue weighted by Crippen LogP contribution is -2.28. The second kappa shape index (κ2) is 7.01. The van der Waals surface area contributed by atoms with Crippen LogP contribution in [0, 0.1) is 0 Å². The van der Waals surface area contributed by atoms with Gasteiger partial charge >= 0.3 is 5.97 Å². The van der Waals surface area contributed by atoms with E-state index in [4.69, 9.17) is 0 Å². The summed E-state index contributed by atoms with van der Waals surface area (Å²) in [6.07, 6.45) is 2.24. The molecule has 0 unspecified atom stereocenters. The van der Waals surface area contributed by atoms with Gasteiger partial charge in [0.1, 0.15) is 6.54 Å². The molecule has 1 rings (SSSR count). The van der Waals surface area contributed by atoms with Crippen molar-refractivity contribution in [1.29, 1.82) is 0 Å². The topological polar surface area (TPSA) is 72.5 Å². The van der Waals surface area contributed by atoms with E-state index in [-0.39, 0.29) is 12.3 Å². The van der Waals surface area contributed by atoms with Crippen LogP contribution in [0.3, 0.4) is 0 Å². The van der Waals surface area contributed by atoms with Gasteiger partial charge in [-0.05, 0) is 6.08 Å². The van der Waals surface area contributed by atoms with Gasteiger partial charge in [0.25, 0.3) is 0 Å². The van der Waals surface area contributed by atoms with E-state index in [2.05, 4.69) is 10.1 Å². The molecular weight excluding hydrogens is 234 g/mol. The molecule has 0 atom stereocenters. The van der Waals surface area contributed by atoms with Crippen molar-refractivity contribution >= 4 is 17.7 Å². The minimum absolute atomic E-state index is 0.223. The zero-order valence-electron chi connectivity index (χ0n) is 9.88. The highest BCUT2D eigenvalue weighted by atomic mass is 16.5. The molecule has 0 spiro atoms. The number of rotatable bonds is 5. The molecule has 0 saturated heterocycles. The van der Waals surface area contributed by atoms with Crippen LogP contribution < -0.4 is 5.32 Å². The van der Waals surface area contributed by atoms with Crippen LogP contribution in [0.2, 0.25) is 0 Å². The number of carbonyl (C=O) groups excluding carboxylic acids is 3. The van der Waals surface area contributed by atoms with Crippen LogP contribution in [0.15, 0.2) is 42.5 Å². The van der Waals surface area contributed by atoms with E-state index in [1.54, 1.807) is 30.3 Å². The Balaban J connectivity index is 2.47. The summed E-state index contributed by atoms with van der Waals surface area (Å²) in [5.41, 5.74) is 0.495. The van der Waals surface area contributed by atoms with E-state index in [1.165, 1.54) is 7.11 Å². The first kappa shape index (κ1) is 13.6. The van der Waals surface area contributed by atoms with Gasteiger partial charge in [0, 0.05) is 11.6 Å². The van der Waals surface area contributed by atoms with Gasteiger partial charge in [-0.1, -0.05) is 30.3 Å². The van der Waals surface area contributed by atoms with Crippen LogP contribution in [-0.2, 0) is 14.3 Å². The fourth-order valence-electron chi connectivity index (χ4n) is 1.14. The highest BCUT2D eigenvalue weighted by molar-refractivity contribution is 6.07. The van der Waals surface area contributed by atoms with Gasteiger partial charge in [-0.25, -0.2) is 0 Å². The molecule has 0 heterocycles. The first-order valence-electron chi connectivity index (χ1n) is 5.25. The third kappa shape index (κ3) is 4.61. The molecule has 0 radical (unpaired) electrons. The Morgan fingerprint density at radius 1 is 1.17 bits per heavy atom. The number of hydrogen-bond donors (Lipinski definition) is 1. The van der Waals surface area contributed by atoms with Gasteiger partial charge in [-0.3, -0.25) is 14.4 Å². The van der Waals surface area contributed by atoms with Crippen molar-refractivity contribution in [2.75, 3.05) is 13.7 Å². The Labute approximate surface area is 104 Å². The van der Waals surface area contributed by atoms with E-state index in [0.717, 1.165) is 12.2 Å². The van der Waals surface area contributed by atoms with Crippen molar-refractivity contribution < 1.29 is 19.1 Å². The van der Waals surface area contributed by atoms with E-state index in [0.29, 0.717) is 5.56 Å². The van der Waals surface area contributed by atoms with Gasteiger partial charge in [-0.2, -0.15) is 0 Å². The first-order valence-corrected chi connectivity index (χ1v) is 5.25. The molecule has 0 aliphatic rings. The lowest BCUT2D eigenvalue weighted by molar-refractivity contribution is -0.140. The van der Waals surface area contributed by atoms with Crippen LogP contribution in [0.4, 0.5) is 0 Å². The van der Waals surface area contributed by atoms with Gasteiger partial charge < -0.3 is 10.1 Å². The molecule has 5 nitrogen and oxygen atoms in total. The summed E-state index contributed by atoms with van der Waals surface area (Å²) in [7, 11) is 1.23. The molecular formula is C13H13NO4. The van der Waals surface area contributed by atoms with Crippen molar-refractivity contribution in [2.24, 2.45) is 0 Å².